The second-order valence-corrected chi connectivity index (χ2v) is 18.2. The van der Waals surface area contributed by atoms with Gasteiger partial charge in [0, 0.05) is 64.4 Å². The van der Waals surface area contributed by atoms with E-state index >= 15 is 0 Å². The van der Waals surface area contributed by atoms with Crippen LogP contribution in [0.15, 0.2) is 59.2 Å². The Balaban J connectivity index is 2.56. The minimum Gasteiger partial charge on any atom is -0.378 e. The molecule has 4 heteroatoms. The van der Waals surface area contributed by atoms with Crippen LogP contribution in [0.1, 0.15) is 61.1 Å². The van der Waals surface area contributed by atoms with Crippen LogP contribution in [0.5, 0.6) is 0 Å². The molecule has 1 unspecified atom stereocenters. The van der Waals surface area contributed by atoms with E-state index in [9.17, 15) is 0 Å². The van der Waals surface area contributed by atoms with E-state index in [0.29, 0.717) is 0 Å². The first-order valence-electron chi connectivity index (χ1n) is 15.6. The number of anilines is 3. The number of hydrogen-bond acceptors (Lipinski definition) is 3. The Hall–Kier alpha value is -3.24. The monoisotopic (exact) mass is 593 g/mol. The Labute approximate surface area is 263 Å². The van der Waals surface area contributed by atoms with Crippen molar-refractivity contribution in [3.05, 3.63) is 92.6 Å². The van der Waals surface area contributed by atoms with Crippen LogP contribution >= 0.6 is 0 Å². The molecular weight excluding hydrogens is 539 g/mol. The van der Waals surface area contributed by atoms with E-state index in [1.165, 1.54) is 82.7 Å². The average Bonchev–Trinajstić information content (AvgIpc) is 3.08. The smallest absolute Gasteiger partial charge is 0.170 e. The molecule has 230 valence electrons. The van der Waals surface area contributed by atoms with Crippen LogP contribution in [0, 0.1) is 41.5 Å². The Kier molecular flexibility index (Phi) is 8.63. The van der Waals surface area contributed by atoms with Crippen LogP contribution in [0.3, 0.4) is 0 Å². The van der Waals surface area contributed by atoms with E-state index in [1.54, 1.807) is 0 Å². The van der Waals surface area contributed by atoms with Crippen molar-refractivity contribution in [3.8, 4) is 0 Å². The topological polar surface area (TPSA) is 9.72 Å². The summed E-state index contributed by atoms with van der Waals surface area (Å²) in [6.45, 7) is 23.5. The third-order valence-electron chi connectivity index (χ3n) is 10.2. The number of nitrogens with zero attached hydrogens (tertiary/aromatic N) is 3. The van der Waals surface area contributed by atoms with E-state index < -0.39 is 8.07 Å². The molecule has 0 saturated carbocycles. The average molecular weight is 594 g/mol. The first kappa shape index (κ1) is 32.7. The molecule has 0 saturated heterocycles. The zero-order valence-electron chi connectivity index (χ0n) is 29.9. The number of benzene rings is 3. The van der Waals surface area contributed by atoms with Gasteiger partial charge in [-0.25, -0.2) is 0 Å². The van der Waals surface area contributed by atoms with Gasteiger partial charge in [-0.2, -0.15) is 0 Å². The molecular formula is C39H55N3Si. The second kappa shape index (κ2) is 11.4. The number of aryl methyl sites for hydroxylation is 6. The Morgan fingerprint density at radius 3 is 1.02 bits per heavy atom. The summed E-state index contributed by atoms with van der Waals surface area (Å²) >= 11 is 0. The molecule has 4 rings (SSSR count). The third-order valence-corrected chi connectivity index (χ3v) is 16.4. The maximum atomic E-state index is 2.65. The molecule has 0 heterocycles. The molecule has 0 fully saturated rings. The maximum Gasteiger partial charge on any atom is 0.170 e. The quantitative estimate of drug-likeness (QED) is 0.211. The van der Waals surface area contributed by atoms with Gasteiger partial charge in [0.15, 0.2) is 8.07 Å². The fourth-order valence-electron chi connectivity index (χ4n) is 8.24. The SMILES string of the molecule is CC1=CC(C)([Si](c2c(C)cc(C)cc2N(C)C)(c2c(C)cc(C)cc2N(C)C)c2c(C)cc(C)cc2N(C)C)C(C)=C1C. The van der Waals surface area contributed by atoms with E-state index in [-0.39, 0.29) is 5.04 Å². The van der Waals surface area contributed by atoms with Crippen molar-refractivity contribution in [2.24, 2.45) is 0 Å². The summed E-state index contributed by atoms with van der Waals surface area (Å²) < 4.78 is 0. The van der Waals surface area contributed by atoms with Gasteiger partial charge in [-0.15, -0.1) is 0 Å². The molecule has 43 heavy (non-hydrogen) atoms. The summed E-state index contributed by atoms with van der Waals surface area (Å²) in [5.74, 6) is 0. The zero-order chi connectivity index (χ0) is 32.3. The van der Waals surface area contributed by atoms with Gasteiger partial charge in [0.2, 0.25) is 0 Å². The predicted molar refractivity (Wildman–Crippen MR) is 196 cm³/mol. The highest BCUT2D eigenvalue weighted by Crippen LogP contribution is 2.55. The third kappa shape index (κ3) is 4.96. The largest absolute Gasteiger partial charge is 0.378 e. The summed E-state index contributed by atoms with van der Waals surface area (Å²) in [6, 6.07) is 14.6. The molecule has 0 bridgehead atoms. The number of allylic oxidation sites excluding steroid dienone is 4. The lowest BCUT2D eigenvalue weighted by atomic mass is 10.0. The van der Waals surface area contributed by atoms with Gasteiger partial charge >= 0.3 is 0 Å². The van der Waals surface area contributed by atoms with Crippen molar-refractivity contribution >= 4 is 40.7 Å². The standard InChI is InChI=1S/C39H55N3Si/c1-24-17-27(4)36(33(20-24)40(11)12)43(39(10)23-30(7)31(8)32(39)9,37-28(5)18-25(2)21-34(37)41(13)14)38-29(6)19-26(3)22-35(38)42(15)16/h17-23H,1-16H3. The summed E-state index contributed by atoms with van der Waals surface area (Å²) in [5, 5.41) is 4.35. The lowest BCUT2D eigenvalue weighted by Gasteiger charge is -2.52. The second-order valence-electron chi connectivity index (χ2n) is 14.1. The van der Waals surface area contributed by atoms with Crippen molar-refractivity contribution in [3.63, 3.8) is 0 Å². The van der Waals surface area contributed by atoms with E-state index in [2.05, 4.69) is 169 Å². The van der Waals surface area contributed by atoms with Gasteiger partial charge in [-0.3, -0.25) is 0 Å². The van der Waals surface area contributed by atoms with E-state index in [1.807, 2.05) is 0 Å². The molecule has 3 aromatic carbocycles. The molecule has 3 aromatic rings. The molecule has 3 nitrogen and oxygen atoms in total. The van der Waals surface area contributed by atoms with Crippen LogP contribution in [-0.4, -0.2) is 50.4 Å². The van der Waals surface area contributed by atoms with Crippen LogP contribution in [0.25, 0.3) is 0 Å². The summed E-state index contributed by atoms with van der Waals surface area (Å²) in [5.41, 5.74) is 16.4. The Morgan fingerprint density at radius 1 is 0.488 bits per heavy atom. The first-order valence-corrected chi connectivity index (χ1v) is 17.6. The highest BCUT2D eigenvalue weighted by Gasteiger charge is 2.60. The van der Waals surface area contributed by atoms with Gasteiger partial charge in [0.25, 0.3) is 0 Å². The van der Waals surface area contributed by atoms with Crippen molar-refractivity contribution in [1.82, 2.24) is 0 Å². The lowest BCUT2D eigenvalue weighted by molar-refractivity contribution is 0.867. The molecule has 0 N–H and O–H groups in total. The van der Waals surface area contributed by atoms with Gasteiger partial charge in [0.05, 0.1) is 0 Å². The van der Waals surface area contributed by atoms with Crippen molar-refractivity contribution < 1.29 is 0 Å². The number of hydrogen-bond donors (Lipinski definition) is 0. The summed E-state index contributed by atoms with van der Waals surface area (Å²) in [7, 11) is 10.3. The molecule has 0 spiro atoms. The van der Waals surface area contributed by atoms with Crippen molar-refractivity contribution in [2.75, 3.05) is 57.0 Å². The maximum absolute atomic E-state index is 3.05. The predicted octanol–water partition coefficient (Wildman–Crippen LogP) is 7.26. The molecule has 0 aromatic heterocycles. The highest BCUT2D eigenvalue weighted by molar-refractivity contribution is 7.16. The molecule has 0 radical (unpaired) electrons. The lowest BCUT2D eigenvalue weighted by Crippen LogP contribution is -2.76. The minimum atomic E-state index is -3.05. The molecule has 1 aliphatic rings. The van der Waals surface area contributed by atoms with E-state index in [0.717, 1.165) is 0 Å². The van der Waals surface area contributed by atoms with Gasteiger partial charge in [-0.1, -0.05) is 42.3 Å². The van der Waals surface area contributed by atoms with Gasteiger partial charge < -0.3 is 14.7 Å². The summed E-state index contributed by atoms with van der Waals surface area (Å²) in [6.07, 6.45) is 2.65. The molecule has 1 atom stereocenters. The van der Waals surface area contributed by atoms with Crippen molar-refractivity contribution in [2.45, 2.75) is 74.3 Å². The van der Waals surface area contributed by atoms with Crippen LogP contribution in [0.4, 0.5) is 17.1 Å². The van der Waals surface area contributed by atoms with Crippen LogP contribution in [-0.2, 0) is 0 Å². The Morgan fingerprint density at radius 2 is 0.791 bits per heavy atom. The van der Waals surface area contributed by atoms with Gasteiger partial charge in [0.1, 0.15) is 0 Å². The van der Waals surface area contributed by atoms with Crippen LogP contribution < -0.4 is 30.3 Å². The molecule has 0 amide bonds. The zero-order valence-corrected chi connectivity index (χ0v) is 30.9. The Bertz CT molecular complexity index is 1500. The van der Waals surface area contributed by atoms with E-state index in [4.69, 9.17) is 0 Å². The van der Waals surface area contributed by atoms with Gasteiger partial charge in [-0.05, 0) is 135 Å². The molecule has 1 aliphatic carbocycles. The van der Waals surface area contributed by atoms with Crippen molar-refractivity contribution in [1.29, 1.82) is 0 Å². The normalized spacial score (nSPS) is 17.0. The minimum absolute atomic E-state index is 0.221. The molecule has 0 aliphatic heterocycles. The number of rotatable bonds is 7. The fraction of sp³-hybridized carbons (Fsp3) is 0.436. The fourth-order valence-corrected chi connectivity index (χ4v) is 15.8. The highest BCUT2D eigenvalue weighted by atomic mass is 28.3. The van der Waals surface area contributed by atoms with Crippen LogP contribution in [0.2, 0.25) is 5.04 Å². The first-order chi connectivity index (χ1) is 19.9. The summed E-state index contributed by atoms with van der Waals surface area (Å²) in [4.78, 5) is 7.11.